The molecule has 1 fully saturated rings. The summed E-state index contributed by atoms with van der Waals surface area (Å²) in [5.41, 5.74) is 2.06. The molecule has 26 heavy (non-hydrogen) atoms. The van der Waals surface area contributed by atoms with Gasteiger partial charge in [-0.3, -0.25) is 0 Å². The number of aromatic hydroxyl groups is 1. The molecule has 1 N–H and O–H groups in total. The summed E-state index contributed by atoms with van der Waals surface area (Å²) in [5, 5.41) is 15.3. The molecule has 8 heteroatoms. The first-order valence-electron chi connectivity index (χ1n) is 8.62. The lowest BCUT2D eigenvalue weighted by molar-refractivity contribution is 0.184. The average molecular weight is 374 g/mol. The van der Waals surface area contributed by atoms with Crippen molar-refractivity contribution in [3.63, 3.8) is 0 Å². The van der Waals surface area contributed by atoms with Crippen LogP contribution in [0.2, 0.25) is 5.02 Å². The number of likely N-dealkylation sites (tertiary alicyclic amines) is 1. The van der Waals surface area contributed by atoms with Crippen LogP contribution in [-0.4, -0.2) is 55.8 Å². The summed E-state index contributed by atoms with van der Waals surface area (Å²) in [6.45, 7) is 1.57. The Labute approximate surface area is 156 Å². The summed E-state index contributed by atoms with van der Waals surface area (Å²) in [4.78, 5) is 10.5. The maximum atomic E-state index is 10.2. The number of imidazole rings is 1. The predicted molar refractivity (Wildman–Crippen MR) is 97.9 cm³/mol. The molecule has 0 spiro atoms. The van der Waals surface area contributed by atoms with E-state index in [0.717, 1.165) is 24.2 Å². The van der Waals surface area contributed by atoms with E-state index in [9.17, 15) is 5.11 Å². The van der Waals surface area contributed by atoms with Crippen molar-refractivity contribution in [1.82, 2.24) is 24.5 Å². The Balaban J connectivity index is 1.59. The maximum Gasteiger partial charge on any atom is 0.337 e. The number of rotatable bonds is 5. The number of hydrogen-bond donors (Lipinski definition) is 1. The molecule has 1 atom stereocenters. The first-order valence-corrected chi connectivity index (χ1v) is 8.99. The van der Waals surface area contributed by atoms with E-state index in [1.807, 2.05) is 24.3 Å². The van der Waals surface area contributed by atoms with Crippen LogP contribution in [0.25, 0.3) is 5.65 Å². The van der Waals surface area contributed by atoms with Gasteiger partial charge in [0.15, 0.2) is 0 Å². The second-order valence-electron chi connectivity index (χ2n) is 6.56. The maximum absolute atomic E-state index is 10.2. The van der Waals surface area contributed by atoms with Gasteiger partial charge in [-0.05, 0) is 38.1 Å². The van der Waals surface area contributed by atoms with Crippen molar-refractivity contribution >= 4 is 17.2 Å². The fourth-order valence-electron chi connectivity index (χ4n) is 3.27. The van der Waals surface area contributed by atoms with Gasteiger partial charge in [-0.25, -0.2) is 9.50 Å². The summed E-state index contributed by atoms with van der Waals surface area (Å²) in [6, 6.07) is 8.12. The lowest BCUT2D eigenvalue weighted by atomic mass is 10.1. The normalized spacial score (nSPS) is 17.8. The molecule has 0 unspecified atom stereocenters. The third-order valence-electron chi connectivity index (χ3n) is 4.80. The zero-order chi connectivity index (χ0) is 18.1. The highest BCUT2D eigenvalue weighted by Crippen LogP contribution is 2.23. The van der Waals surface area contributed by atoms with Crippen molar-refractivity contribution in [3.05, 3.63) is 46.7 Å². The number of ether oxygens (including phenoxy) is 1. The van der Waals surface area contributed by atoms with E-state index < -0.39 is 0 Å². The van der Waals surface area contributed by atoms with E-state index in [2.05, 4.69) is 27.0 Å². The summed E-state index contributed by atoms with van der Waals surface area (Å²) in [5.74, 6) is -0.194. The molecule has 4 rings (SSSR count). The lowest BCUT2D eigenvalue weighted by Gasteiger charge is -2.18. The third-order valence-corrected chi connectivity index (χ3v) is 5.17. The van der Waals surface area contributed by atoms with E-state index in [-0.39, 0.29) is 11.9 Å². The number of halogens is 1. The highest BCUT2D eigenvalue weighted by Gasteiger charge is 2.22. The van der Waals surface area contributed by atoms with Crippen LogP contribution in [0.5, 0.6) is 11.9 Å². The Kier molecular flexibility index (Phi) is 4.65. The first kappa shape index (κ1) is 17.1. The zero-order valence-electron chi connectivity index (χ0n) is 14.5. The molecule has 0 aliphatic carbocycles. The van der Waals surface area contributed by atoms with Gasteiger partial charge in [0.2, 0.25) is 5.65 Å². The molecular formula is C18H20ClN5O2. The van der Waals surface area contributed by atoms with Crippen molar-refractivity contribution < 1.29 is 9.84 Å². The van der Waals surface area contributed by atoms with E-state index >= 15 is 0 Å². The second-order valence-corrected chi connectivity index (χ2v) is 6.97. The molecule has 3 heterocycles. The molecule has 3 aromatic rings. The SMILES string of the molecule is CN1CCC[C@H]1COc1nc(O)c2ncc(Cc3ccccc3Cl)n2n1. The molecule has 0 saturated carbocycles. The molecule has 1 aliphatic heterocycles. The summed E-state index contributed by atoms with van der Waals surface area (Å²) < 4.78 is 7.32. The van der Waals surface area contributed by atoms with Crippen LogP contribution >= 0.6 is 11.6 Å². The van der Waals surface area contributed by atoms with Gasteiger partial charge in [0.25, 0.3) is 5.88 Å². The smallest absolute Gasteiger partial charge is 0.337 e. The van der Waals surface area contributed by atoms with Crippen molar-refractivity contribution in [3.8, 4) is 11.9 Å². The molecule has 0 radical (unpaired) electrons. The Morgan fingerprint density at radius 3 is 2.96 bits per heavy atom. The number of benzene rings is 1. The minimum Gasteiger partial charge on any atom is -0.490 e. The van der Waals surface area contributed by atoms with Crippen LogP contribution in [0.3, 0.4) is 0 Å². The molecular weight excluding hydrogens is 354 g/mol. The van der Waals surface area contributed by atoms with Gasteiger partial charge in [0.1, 0.15) is 6.61 Å². The number of aromatic nitrogens is 4. The van der Waals surface area contributed by atoms with Crippen LogP contribution in [0.1, 0.15) is 24.1 Å². The third kappa shape index (κ3) is 3.32. The van der Waals surface area contributed by atoms with Gasteiger partial charge in [0, 0.05) is 17.5 Å². The van der Waals surface area contributed by atoms with Crippen molar-refractivity contribution in [2.75, 3.05) is 20.2 Å². The predicted octanol–water partition coefficient (Wildman–Crippen LogP) is 2.55. The molecule has 136 valence electrons. The van der Waals surface area contributed by atoms with Gasteiger partial charge in [0.05, 0.1) is 11.9 Å². The molecule has 7 nitrogen and oxygen atoms in total. The Morgan fingerprint density at radius 2 is 2.19 bits per heavy atom. The first-order chi connectivity index (χ1) is 12.6. The molecule has 0 bridgehead atoms. The Morgan fingerprint density at radius 1 is 1.35 bits per heavy atom. The van der Waals surface area contributed by atoms with Crippen LogP contribution < -0.4 is 4.74 Å². The highest BCUT2D eigenvalue weighted by atomic mass is 35.5. The number of fused-ring (bicyclic) bond motifs is 1. The van der Waals surface area contributed by atoms with Gasteiger partial charge in [-0.2, -0.15) is 4.98 Å². The van der Waals surface area contributed by atoms with E-state index in [4.69, 9.17) is 16.3 Å². The minimum atomic E-state index is -0.194. The fourth-order valence-corrected chi connectivity index (χ4v) is 3.48. The quantitative estimate of drug-likeness (QED) is 0.740. The van der Waals surface area contributed by atoms with Gasteiger partial charge < -0.3 is 14.7 Å². The molecule has 1 saturated heterocycles. The number of nitrogens with zero attached hydrogens (tertiary/aromatic N) is 5. The molecule has 0 amide bonds. The fraction of sp³-hybridized carbons (Fsp3) is 0.389. The molecule has 1 aliphatic rings. The summed E-state index contributed by atoms with van der Waals surface area (Å²) >= 11 is 6.25. The van der Waals surface area contributed by atoms with Crippen LogP contribution in [0.15, 0.2) is 30.5 Å². The summed E-state index contributed by atoms with van der Waals surface area (Å²) in [6.07, 6.45) is 4.47. The number of hydrogen-bond acceptors (Lipinski definition) is 6. The van der Waals surface area contributed by atoms with Gasteiger partial charge >= 0.3 is 6.01 Å². The van der Waals surface area contributed by atoms with Crippen molar-refractivity contribution in [2.24, 2.45) is 0 Å². The second kappa shape index (κ2) is 7.09. The van der Waals surface area contributed by atoms with Crippen LogP contribution in [0, 0.1) is 0 Å². The highest BCUT2D eigenvalue weighted by molar-refractivity contribution is 6.31. The standard InChI is InChI=1S/C18H20ClN5O2/c1-23-8-4-6-13(23)11-26-18-21-17(25)16-20-10-14(24(16)22-18)9-12-5-2-3-7-15(12)19/h2-3,5,7,10,13H,4,6,8-9,11H2,1H3,(H,21,22,25)/t13-/m0/s1. The minimum absolute atomic E-state index is 0.147. The van der Waals surface area contributed by atoms with Gasteiger partial charge in [-0.1, -0.05) is 29.8 Å². The Hall–Kier alpha value is -2.38. The molecule has 1 aromatic carbocycles. The average Bonchev–Trinajstić information content (AvgIpc) is 3.22. The topological polar surface area (TPSA) is 75.8 Å². The van der Waals surface area contributed by atoms with Crippen molar-refractivity contribution in [2.45, 2.75) is 25.3 Å². The lowest BCUT2D eigenvalue weighted by Crippen LogP contribution is -2.31. The van der Waals surface area contributed by atoms with E-state index in [1.165, 1.54) is 6.42 Å². The van der Waals surface area contributed by atoms with Crippen LogP contribution in [0.4, 0.5) is 0 Å². The van der Waals surface area contributed by atoms with Gasteiger partial charge in [-0.15, -0.1) is 5.10 Å². The van der Waals surface area contributed by atoms with Crippen molar-refractivity contribution in [1.29, 1.82) is 0 Å². The van der Waals surface area contributed by atoms with Crippen LogP contribution in [-0.2, 0) is 6.42 Å². The molecule has 2 aromatic heterocycles. The Bertz CT molecular complexity index is 929. The summed E-state index contributed by atoms with van der Waals surface area (Å²) in [7, 11) is 2.08. The van der Waals surface area contributed by atoms with E-state index in [1.54, 1.807) is 10.7 Å². The zero-order valence-corrected chi connectivity index (χ0v) is 15.2. The number of likely N-dealkylation sites (N-methyl/N-ethyl adjacent to an activating group) is 1. The monoisotopic (exact) mass is 373 g/mol. The largest absolute Gasteiger partial charge is 0.490 e. The van der Waals surface area contributed by atoms with E-state index in [0.29, 0.717) is 29.7 Å².